The van der Waals surface area contributed by atoms with Crippen molar-refractivity contribution in [3.8, 4) is 0 Å². The number of aliphatic hydroxyl groups is 1. The van der Waals surface area contributed by atoms with Crippen molar-refractivity contribution < 1.29 is 14.6 Å². The van der Waals surface area contributed by atoms with Crippen molar-refractivity contribution in [3.63, 3.8) is 0 Å². The fourth-order valence-corrected chi connectivity index (χ4v) is 2.97. The maximum absolute atomic E-state index is 12.1. The molecule has 1 saturated carbocycles. The molecule has 0 aromatic heterocycles. The summed E-state index contributed by atoms with van der Waals surface area (Å²) in [7, 11) is 1.70. The molecule has 0 aliphatic heterocycles. The Hall–Kier alpha value is -1.59. The lowest BCUT2D eigenvalue weighted by Gasteiger charge is -2.25. The molecule has 128 valence electrons. The number of nitrogens with one attached hydrogen (secondary N) is 1. The second-order valence-electron chi connectivity index (χ2n) is 6.50. The van der Waals surface area contributed by atoms with Crippen molar-refractivity contribution in [2.75, 3.05) is 20.2 Å². The van der Waals surface area contributed by atoms with Gasteiger partial charge in [0.25, 0.3) is 0 Å². The molecule has 1 fully saturated rings. The van der Waals surface area contributed by atoms with E-state index in [1.807, 2.05) is 30.3 Å². The van der Waals surface area contributed by atoms with Crippen molar-refractivity contribution in [2.45, 2.75) is 44.9 Å². The van der Waals surface area contributed by atoms with Crippen molar-refractivity contribution in [3.05, 3.63) is 35.9 Å². The summed E-state index contributed by atoms with van der Waals surface area (Å²) in [5, 5.41) is 13.1. The molecule has 1 aromatic rings. The molecule has 2 rings (SSSR count). The normalized spacial score (nSPS) is 21.9. The molecular formula is C18H28N2O3. The number of aliphatic hydroxyl groups excluding tert-OH is 1. The SMILES string of the molecule is CC1CCCC1NC(=O)N(C)CC(O)COCc1ccccc1. The highest BCUT2D eigenvalue weighted by Crippen LogP contribution is 2.24. The number of hydrogen-bond acceptors (Lipinski definition) is 3. The lowest BCUT2D eigenvalue weighted by molar-refractivity contribution is 0.0179. The third-order valence-corrected chi connectivity index (χ3v) is 4.42. The fraction of sp³-hybridized carbons (Fsp3) is 0.611. The van der Waals surface area contributed by atoms with E-state index in [1.165, 1.54) is 17.7 Å². The van der Waals surface area contributed by atoms with Gasteiger partial charge in [-0.25, -0.2) is 4.79 Å². The first kappa shape index (κ1) is 17.8. The number of urea groups is 1. The Kier molecular flexibility index (Phi) is 6.86. The quantitative estimate of drug-likeness (QED) is 0.811. The minimum Gasteiger partial charge on any atom is -0.389 e. The smallest absolute Gasteiger partial charge is 0.317 e. The van der Waals surface area contributed by atoms with E-state index in [0.717, 1.165) is 12.0 Å². The molecule has 1 aliphatic rings. The second kappa shape index (κ2) is 8.89. The Labute approximate surface area is 138 Å². The maximum atomic E-state index is 12.1. The zero-order valence-electron chi connectivity index (χ0n) is 14.1. The summed E-state index contributed by atoms with van der Waals surface area (Å²) < 4.78 is 5.50. The van der Waals surface area contributed by atoms with Crippen LogP contribution in [0.25, 0.3) is 0 Å². The summed E-state index contributed by atoms with van der Waals surface area (Å²) in [5.74, 6) is 0.534. The van der Waals surface area contributed by atoms with Gasteiger partial charge in [-0.1, -0.05) is 43.7 Å². The van der Waals surface area contributed by atoms with Crippen LogP contribution in [0.1, 0.15) is 31.7 Å². The number of rotatable bonds is 7. The van der Waals surface area contributed by atoms with Gasteiger partial charge in [0, 0.05) is 13.1 Å². The number of carbonyl (C=O) groups excluding carboxylic acids is 1. The van der Waals surface area contributed by atoms with Gasteiger partial charge in [-0.2, -0.15) is 0 Å². The molecule has 2 amide bonds. The van der Waals surface area contributed by atoms with Crippen LogP contribution in [0.3, 0.4) is 0 Å². The topological polar surface area (TPSA) is 61.8 Å². The van der Waals surface area contributed by atoms with Gasteiger partial charge in [-0.3, -0.25) is 0 Å². The van der Waals surface area contributed by atoms with Gasteiger partial charge in [0.15, 0.2) is 0 Å². The number of benzene rings is 1. The van der Waals surface area contributed by atoms with Crippen LogP contribution in [-0.4, -0.2) is 48.4 Å². The third kappa shape index (κ3) is 5.84. The van der Waals surface area contributed by atoms with Crippen LogP contribution in [0.15, 0.2) is 30.3 Å². The van der Waals surface area contributed by atoms with Gasteiger partial charge < -0.3 is 20.1 Å². The number of nitrogens with zero attached hydrogens (tertiary/aromatic N) is 1. The van der Waals surface area contributed by atoms with E-state index in [4.69, 9.17) is 4.74 Å². The highest BCUT2D eigenvalue weighted by molar-refractivity contribution is 5.74. The standard InChI is InChI=1S/C18H28N2O3/c1-14-7-6-10-17(14)19-18(22)20(2)11-16(21)13-23-12-15-8-4-3-5-9-15/h3-5,8-9,14,16-17,21H,6-7,10-13H2,1-2H3,(H,19,22). The number of ether oxygens (including phenoxy) is 1. The van der Waals surface area contributed by atoms with E-state index >= 15 is 0 Å². The van der Waals surface area contributed by atoms with E-state index in [9.17, 15) is 9.90 Å². The molecule has 0 bridgehead atoms. The van der Waals surface area contributed by atoms with Crippen LogP contribution in [0.4, 0.5) is 4.79 Å². The fourth-order valence-electron chi connectivity index (χ4n) is 2.97. The molecule has 0 heterocycles. The van der Waals surface area contributed by atoms with Gasteiger partial charge >= 0.3 is 6.03 Å². The van der Waals surface area contributed by atoms with Crippen LogP contribution in [0.2, 0.25) is 0 Å². The Morgan fingerprint density at radius 3 is 2.78 bits per heavy atom. The second-order valence-corrected chi connectivity index (χ2v) is 6.50. The Morgan fingerprint density at radius 2 is 2.13 bits per heavy atom. The van der Waals surface area contributed by atoms with Gasteiger partial charge in [0.2, 0.25) is 0 Å². The summed E-state index contributed by atoms with van der Waals surface area (Å²) in [6.45, 7) is 3.12. The zero-order valence-corrected chi connectivity index (χ0v) is 14.1. The van der Waals surface area contributed by atoms with Crippen LogP contribution in [0, 0.1) is 5.92 Å². The molecule has 0 saturated heterocycles. The number of hydrogen-bond donors (Lipinski definition) is 2. The summed E-state index contributed by atoms with van der Waals surface area (Å²) in [6.07, 6.45) is 2.70. The average Bonchev–Trinajstić information content (AvgIpc) is 2.93. The Morgan fingerprint density at radius 1 is 1.39 bits per heavy atom. The molecule has 23 heavy (non-hydrogen) atoms. The summed E-state index contributed by atoms with van der Waals surface area (Å²) in [6, 6.07) is 9.97. The minimum absolute atomic E-state index is 0.120. The van der Waals surface area contributed by atoms with Crippen LogP contribution in [-0.2, 0) is 11.3 Å². The number of carbonyl (C=O) groups is 1. The summed E-state index contributed by atoms with van der Waals surface area (Å²) in [4.78, 5) is 13.7. The predicted molar refractivity (Wildman–Crippen MR) is 90.1 cm³/mol. The van der Waals surface area contributed by atoms with Gasteiger partial charge in [0.1, 0.15) is 0 Å². The Bertz CT molecular complexity index is 480. The number of amides is 2. The van der Waals surface area contributed by atoms with Crippen molar-refractivity contribution in [1.29, 1.82) is 0 Å². The van der Waals surface area contributed by atoms with Crippen LogP contribution >= 0.6 is 0 Å². The zero-order chi connectivity index (χ0) is 16.7. The highest BCUT2D eigenvalue weighted by atomic mass is 16.5. The van der Waals surface area contributed by atoms with E-state index in [1.54, 1.807) is 7.05 Å². The molecule has 2 N–H and O–H groups in total. The van der Waals surface area contributed by atoms with Gasteiger partial charge in [-0.05, 0) is 24.3 Å². The predicted octanol–water partition coefficient (Wildman–Crippen LogP) is 2.39. The molecule has 3 atom stereocenters. The molecule has 5 nitrogen and oxygen atoms in total. The highest BCUT2D eigenvalue weighted by Gasteiger charge is 2.26. The van der Waals surface area contributed by atoms with Crippen molar-refractivity contribution >= 4 is 6.03 Å². The summed E-state index contributed by atoms with van der Waals surface area (Å²) in [5.41, 5.74) is 1.07. The van der Waals surface area contributed by atoms with Gasteiger partial charge in [-0.15, -0.1) is 0 Å². The first-order chi connectivity index (χ1) is 11.1. The molecule has 1 aromatic carbocycles. The largest absolute Gasteiger partial charge is 0.389 e. The lowest BCUT2D eigenvalue weighted by Crippen LogP contribution is -2.46. The minimum atomic E-state index is -0.685. The molecule has 0 spiro atoms. The van der Waals surface area contributed by atoms with Crippen LogP contribution < -0.4 is 5.32 Å². The maximum Gasteiger partial charge on any atom is 0.317 e. The van der Waals surface area contributed by atoms with Crippen molar-refractivity contribution in [2.24, 2.45) is 5.92 Å². The Balaban J connectivity index is 1.65. The van der Waals surface area contributed by atoms with E-state index in [-0.39, 0.29) is 25.2 Å². The third-order valence-electron chi connectivity index (χ3n) is 4.42. The molecule has 5 heteroatoms. The number of likely N-dealkylation sites (N-methyl/N-ethyl adjacent to an activating group) is 1. The molecular weight excluding hydrogens is 292 g/mol. The van der Waals surface area contributed by atoms with E-state index < -0.39 is 6.10 Å². The van der Waals surface area contributed by atoms with E-state index in [2.05, 4.69) is 12.2 Å². The van der Waals surface area contributed by atoms with E-state index in [0.29, 0.717) is 12.5 Å². The molecule has 0 radical (unpaired) electrons. The summed E-state index contributed by atoms with van der Waals surface area (Å²) >= 11 is 0. The first-order valence-electron chi connectivity index (χ1n) is 8.37. The lowest BCUT2D eigenvalue weighted by atomic mass is 10.1. The van der Waals surface area contributed by atoms with Gasteiger partial charge in [0.05, 0.1) is 25.9 Å². The van der Waals surface area contributed by atoms with Crippen LogP contribution in [0.5, 0.6) is 0 Å². The average molecular weight is 320 g/mol. The molecule has 3 unspecified atom stereocenters. The first-order valence-corrected chi connectivity index (χ1v) is 8.37. The molecule has 1 aliphatic carbocycles. The monoisotopic (exact) mass is 320 g/mol. The van der Waals surface area contributed by atoms with Crippen molar-refractivity contribution in [1.82, 2.24) is 10.2 Å².